The molecule has 0 unspecified atom stereocenters. The first kappa shape index (κ1) is 11.8. The number of rotatable bonds is 4. The fourth-order valence-corrected chi connectivity index (χ4v) is 1.76. The van der Waals surface area contributed by atoms with E-state index in [9.17, 15) is 5.11 Å². The number of phenolic OH excluding ortho intramolecular Hbond substituents is 1. The zero-order chi connectivity index (χ0) is 11.4. The molecule has 1 aromatic rings. The van der Waals surface area contributed by atoms with Crippen LogP contribution in [-0.4, -0.2) is 28.5 Å². The lowest BCUT2D eigenvalue weighted by Crippen LogP contribution is -2.07. The Hall–Kier alpha value is -1.26. The molecule has 0 radical (unpaired) electrons. The second kappa shape index (κ2) is 5.00. The minimum absolute atomic E-state index is 0.00214. The molecule has 0 aliphatic heterocycles. The van der Waals surface area contributed by atoms with Crippen LogP contribution in [0.3, 0.4) is 0 Å². The van der Waals surface area contributed by atoms with Gasteiger partial charge in [0.1, 0.15) is 5.75 Å². The van der Waals surface area contributed by atoms with Gasteiger partial charge in [0.2, 0.25) is 0 Å². The molecule has 0 aliphatic rings. The summed E-state index contributed by atoms with van der Waals surface area (Å²) in [5.74, 6) is 0.137. The molecule has 0 spiro atoms. The first-order valence-electron chi connectivity index (χ1n) is 4.93. The van der Waals surface area contributed by atoms with Crippen LogP contribution in [0.25, 0.3) is 0 Å². The third-order valence-electron chi connectivity index (χ3n) is 2.57. The molecule has 84 valence electrons. The maximum Gasteiger partial charge on any atom is 0.120 e. The molecule has 0 aliphatic carbocycles. The Balaban J connectivity index is 3.26. The van der Waals surface area contributed by atoms with Gasteiger partial charge in [-0.1, -0.05) is 0 Å². The van der Waals surface area contributed by atoms with Gasteiger partial charge < -0.3 is 21.1 Å². The molecular weight excluding hydrogens is 194 g/mol. The Morgan fingerprint density at radius 3 is 2.20 bits per heavy atom. The van der Waals surface area contributed by atoms with Crippen molar-refractivity contribution < 1.29 is 15.3 Å². The van der Waals surface area contributed by atoms with Gasteiger partial charge in [-0.15, -0.1) is 0 Å². The lowest BCUT2D eigenvalue weighted by Gasteiger charge is -2.15. The summed E-state index contributed by atoms with van der Waals surface area (Å²) in [6.07, 6.45) is 0.891. The van der Waals surface area contributed by atoms with Gasteiger partial charge in [-0.2, -0.15) is 0 Å². The SMILES string of the molecule is Cc1c(O)cc(N)c(CCO)c1CCO. The van der Waals surface area contributed by atoms with Gasteiger partial charge >= 0.3 is 0 Å². The molecule has 0 fully saturated rings. The Morgan fingerprint density at radius 2 is 1.67 bits per heavy atom. The van der Waals surface area contributed by atoms with E-state index >= 15 is 0 Å². The van der Waals surface area contributed by atoms with Crippen molar-refractivity contribution in [1.29, 1.82) is 0 Å². The van der Waals surface area contributed by atoms with Crippen LogP contribution >= 0.6 is 0 Å². The highest BCUT2D eigenvalue weighted by Gasteiger charge is 2.12. The summed E-state index contributed by atoms with van der Waals surface area (Å²) in [7, 11) is 0. The van der Waals surface area contributed by atoms with E-state index in [1.165, 1.54) is 6.07 Å². The molecule has 0 amide bonds. The predicted molar refractivity (Wildman–Crippen MR) is 58.8 cm³/mol. The number of aromatic hydroxyl groups is 1. The van der Waals surface area contributed by atoms with Crippen molar-refractivity contribution in [3.8, 4) is 5.75 Å². The Kier molecular flexibility index (Phi) is 3.94. The average Bonchev–Trinajstić information content (AvgIpc) is 2.20. The first-order valence-corrected chi connectivity index (χ1v) is 4.93. The summed E-state index contributed by atoms with van der Waals surface area (Å²) < 4.78 is 0. The molecule has 4 heteroatoms. The number of benzene rings is 1. The van der Waals surface area contributed by atoms with Crippen LogP contribution in [0.1, 0.15) is 16.7 Å². The Morgan fingerprint density at radius 1 is 1.13 bits per heavy atom. The zero-order valence-electron chi connectivity index (χ0n) is 8.82. The lowest BCUT2D eigenvalue weighted by molar-refractivity contribution is 0.292. The number of hydrogen-bond donors (Lipinski definition) is 4. The van der Waals surface area contributed by atoms with E-state index in [-0.39, 0.29) is 19.0 Å². The van der Waals surface area contributed by atoms with Crippen molar-refractivity contribution in [3.63, 3.8) is 0 Å². The second-order valence-corrected chi connectivity index (χ2v) is 3.51. The maximum absolute atomic E-state index is 9.58. The minimum Gasteiger partial charge on any atom is -0.508 e. The highest BCUT2D eigenvalue weighted by Crippen LogP contribution is 2.29. The fourth-order valence-electron chi connectivity index (χ4n) is 1.76. The van der Waals surface area contributed by atoms with E-state index in [2.05, 4.69) is 0 Å². The summed E-state index contributed by atoms with van der Waals surface area (Å²) in [6.45, 7) is 1.79. The van der Waals surface area contributed by atoms with Gasteiger partial charge in [0.25, 0.3) is 0 Å². The van der Waals surface area contributed by atoms with E-state index in [4.69, 9.17) is 15.9 Å². The molecule has 1 aromatic carbocycles. The predicted octanol–water partition coefficient (Wildman–Crippen LogP) is 0.352. The van der Waals surface area contributed by atoms with E-state index in [0.29, 0.717) is 18.5 Å². The van der Waals surface area contributed by atoms with E-state index in [0.717, 1.165) is 16.7 Å². The molecule has 0 saturated heterocycles. The fraction of sp³-hybridized carbons (Fsp3) is 0.455. The molecule has 0 atom stereocenters. The summed E-state index contributed by atoms with van der Waals surface area (Å²) in [5.41, 5.74) is 8.60. The number of aliphatic hydroxyl groups is 2. The normalized spacial score (nSPS) is 10.6. The monoisotopic (exact) mass is 211 g/mol. The van der Waals surface area contributed by atoms with Gasteiger partial charge in [0.15, 0.2) is 0 Å². The van der Waals surface area contributed by atoms with Crippen molar-refractivity contribution in [1.82, 2.24) is 0 Å². The van der Waals surface area contributed by atoms with Crippen molar-refractivity contribution in [3.05, 3.63) is 22.8 Å². The molecule has 1 rings (SSSR count). The highest BCUT2D eigenvalue weighted by molar-refractivity contribution is 5.59. The van der Waals surface area contributed by atoms with Gasteiger partial charge in [0, 0.05) is 25.0 Å². The molecule has 0 bridgehead atoms. The molecule has 15 heavy (non-hydrogen) atoms. The van der Waals surface area contributed by atoms with Gasteiger partial charge in [-0.25, -0.2) is 0 Å². The third kappa shape index (κ3) is 2.40. The minimum atomic E-state index is 0.00214. The third-order valence-corrected chi connectivity index (χ3v) is 2.57. The number of nitrogen functional groups attached to an aromatic ring is 1. The van der Waals surface area contributed by atoms with E-state index in [1.54, 1.807) is 6.92 Å². The number of aliphatic hydroxyl groups excluding tert-OH is 2. The number of anilines is 1. The van der Waals surface area contributed by atoms with Crippen LogP contribution in [0.2, 0.25) is 0 Å². The summed E-state index contributed by atoms with van der Waals surface area (Å²) >= 11 is 0. The van der Waals surface area contributed by atoms with Gasteiger partial charge in [-0.3, -0.25) is 0 Å². The molecule has 0 heterocycles. The lowest BCUT2D eigenvalue weighted by atomic mass is 9.95. The molecule has 5 N–H and O–H groups in total. The van der Waals surface area contributed by atoms with Crippen molar-refractivity contribution >= 4 is 5.69 Å². The van der Waals surface area contributed by atoms with Crippen LogP contribution in [-0.2, 0) is 12.8 Å². The van der Waals surface area contributed by atoms with Crippen molar-refractivity contribution in [2.24, 2.45) is 0 Å². The second-order valence-electron chi connectivity index (χ2n) is 3.51. The van der Waals surface area contributed by atoms with Crippen molar-refractivity contribution in [2.75, 3.05) is 18.9 Å². The Labute approximate surface area is 89.0 Å². The molecule has 0 aromatic heterocycles. The topological polar surface area (TPSA) is 86.7 Å². The van der Waals surface area contributed by atoms with Crippen LogP contribution in [0.4, 0.5) is 5.69 Å². The highest BCUT2D eigenvalue weighted by atomic mass is 16.3. The van der Waals surface area contributed by atoms with Crippen molar-refractivity contribution in [2.45, 2.75) is 19.8 Å². The average molecular weight is 211 g/mol. The van der Waals surface area contributed by atoms with Gasteiger partial charge in [0.05, 0.1) is 0 Å². The van der Waals surface area contributed by atoms with Crippen LogP contribution in [0, 0.1) is 6.92 Å². The largest absolute Gasteiger partial charge is 0.508 e. The first-order chi connectivity index (χ1) is 7.11. The Bertz CT molecular complexity index is 350. The van der Waals surface area contributed by atoms with Crippen LogP contribution in [0.15, 0.2) is 6.07 Å². The maximum atomic E-state index is 9.58. The van der Waals surface area contributed by atoms with E-state index in [1.807, 2.05) is 0 Å². The van der Waals surface area contributed by atoms with Crippen LogP contribution < -0.4 is 5.73 Å². The molecule has 4 nitrogen and oxygen atoms in total. The zero-order valence-corrected chi connectivity index (χ0v) is 8.82. The van der Waals surface area contributed by atoms with E-state index < -0.39 is 0 Å². The number of phenols is 1. The summed E-state index contributed by atoms with van der Waals surface area (Å²) in [5, 5.41) is 27.4. The molecule has 0 saturated carbocycles. The summed E-state index contributed by atoms with van der Waals surface area (Å²) in [6, 6.07) is 1.49. The summed E-state index contributed by atoms with van der Waals surface area (Å²) in [4.78, 5) is 0. The quantitative estimate of drug-likeness (QED) is 0.541. The number of hydrogen-bond acceptors (Lipinski definition) is 4. The smallest absolute Gasteiger partial charge is 0.120 e. The molecular formula is C11H17NO3. The van der Waals surface area contributed by atoms with Gasteiger partial charge in [-0.05, 0) is 36.5 Å². The van der Waals surface area contributed by atoms with Crippen LogP contribution in [0.5, 0.6) is 5.75 Å². The standard InChI is InChI=1S/C11H17NO3/c1-7-8(2-4-13)9(3-5-14)10(12)6-11(7)15/h6,13-15H,2-5,12H2,1H3. The number of nitrogens with two attached hydrogens (primary N) is 1.